The van der Waals surface area contributed by atoms with Gasteiger partial charge in [0.05, 0.1) is 18.7 Å². The van der Waals surface area contributed by atoms with Gasteiger partial charge in [0.2, 0.25) is 0 Å². The second-order valence-corrected chi connectivity index (χ2v) is 8.70. The Bertz CT molecular complexity index is 1160. The number of benzene rings is 3. The summed E-state index contributed by atoms with van der Waals surface area (Å²) in [6, 6.07) is 22.7. The summed E-state index contributed by atoms with van der Waals surface area (Å²) in [4.78, 5) is 27.6. The summed E-state index contributed by atoms with van der Waals surface area (Å²) in [6.07, 6.45) is 2.79. The summed E-state index contributed by atoms with van der Waals surface area (Å²) in [5.74, 6) is -0.801. The first kappa shape index (κ1) is 21.2. The average Bonchev–Trinajstić information content (AvgIpc) is 2.96. The molecule has 1 heterocycles. The average molecular weight is 476 g/mol. The zero-order chi connectivity index (χ0) is 22.0. The molecule has 0 saturated heterocycles. The van der Waals surface area contributed by atoms with Gasteiger partial charge < -0.3 is 10.0 Å². The van der Waals surface area contributed by atoms with Crippen molar-refractivity contribution in [1.82, 2.24) is 0 Å². The van der Waals surface area contributed by atoms with Crippen molar-refractivity contribution in [3.63, 3.8) is 0 Å². The molecule has 0 fully saturated rings. The van der Waals surface area contributed by atoms with Gasteiger partial charge in [0.1, 0.15) is 0 Å². The Morgan fingerprint density at radius 1 is 1.06 bits per heavy atom. The quantitative estimate of drug-likeness (QED) is 0.500. The standard InChI is InChI=1S/C26H22BrNO3/c1-18-7-9-20(10-8-18)17-28-24-14-12-21(27)15-23(24)26(31,25(28)30)16-22(29)13-11-19-5-3-2-4-6-19/h2-15,31H,16-17H2,1H3/b13-11+. The zero-order valence-corrected chi connectivity index (χ0v) is 18.7. The van der Waals surface area contributed by atoms with Crippen molar-refractivity contribution in [2.45, 2.75) is 25.5 Å². The summed E-state index contributed by atoms with van der Waals surface area (Å²) in [6.45, 7) is 2.33. The Morgan fingerprint density at radius 2 is 1.77 bits per heavy atom. The Morgan fingerprint density at radius 3 is 2.48 bits per heavy atom. The van der Waals surface area contributed by atoms with Gasteiger partial charge in [-0.25, -0.2) is 0 Å². The minimum atomic E-state index is -1.90. The lowest BCUT2D eigenvalue weighted by Gasteiger charge is -2.22. The van der Waals surface area contributed by atoms with Crippen LogP contribution < -0.4 is 4.90 Å². The van der Waals surface area contributed by atoms with Gasteiger partial charge in [0.15, 0.2) is 11.4 Å². The fourth-order valence-corrected chi connectivity index (χ4v) is 4.15. The number of rotatable bonds is 6. The van der Waals surface area contributed by atoms with Crippen LogP contribution in [0.5, 0.6) is 0 Å². The predicted octanol–water partition coefficient (Wildman–Crippen LogP) is 5.16. The second kappa shape index (κ2) is 8.61. The molecule has 0 radical (unpaired) electrons. The van der Waals surface area contributed by atoms with Crippen molar-refractivity contribution in [2.24, 2.45) is 0 Å². The molecule has 0 bridgehead atoms. The van der Waals surface area contributed by atoms with Crippen LogP contribution in [0.15, 0.2) is 83.3 Å². The van der Waals surface area contributed by atoms with Gasteiger partial charge in [-0.3, -0.25) is 9.59 Å². The SMILES string of the molecule is Cc1ccc(CN2C(=O)C(O)(CC(=O)/C=C/c3ccccc3)c3cc(Br)ccc32)cc1. The Labute approximate surface area is 190 Å². The first-order valence-corrected chi connectivity index (χ1v) is 10.8. The van der Waals surface area contributed by atoms with Crippen LogP contribution in [-0.4, -0.2) is 16.8 Å². The molecule has 0 aliphatic carbocycles. The normalized spacial score (nSPS) is 17.9. The topological polar surface area (TPSA) is 57.6 Å². The molecule has 4 nitrogen and oxygen atoms in total. The molecular formula is C26H22BrNO3. The lowest BCUT2D eigenvalue weighted by atomic mass is 9.89. The fourth-order valence-electron chi connectivity index (χ4n) is 3.79. The number of halogens is 1. The highest BCUT2D eigenvalue weighted by molar-refractivity contribution is 9.10. The van der Waals surface area contributed by atoms with E-state index in [9.17, 15) is 14.7 Å². The molecule has 1 N–H and O–H groups in total. The Balaban J connectivity index is 1.63. The monoisotopic (exact) mass is 475 g/mol. The molecule has 1 aliphatic heterocycles. The highest BCUT2D eigenvalue weighted by Crippen LogP contribution is 2.44. The highest BCUT2D eigenvalue weighted by Gasteiger charge is 2.50. The van der Waals surface area contributed by atoms with E-state index in [-0.39, 0.29) is 12.2 Å². The van der Waals surface area contributed by atoms with Gasteiger partial charge in [-0.15, -0.1) is 0 Å². The number of allylic oxidation sites excluding steroid dienone is 1. The smallest absolute Gasteiger partial charge is 0.264 e. The van der Waals surface area contributed by atoms with Gasteiger partial charge in [-0.1, -0.05) is 82.2 Å². The van der Waals surface area contributed by atoms with Crippen molar-refractivity contribution in [3.8, 4) is 0 Å². The molecule has 1 atom stereocenters. The maximum absolute atomic E-state index is 13.4. The molecule has 0 aromatic heterocycles. The molecule has 3 aromatic rings. The number of aliphatic hydroxyl groups is 1. The van der Waals surface area contributed by atoms with Crippen molar-refractivity contribution in [3.05, 3.63) is 106 Å². The number of nitrogens with zero attached hydrogens (tertiary/aromatic N) is 1. The molecule has 3 aromatic carbocycles. The van der Waals surface area contributed by atoms with Gasteiger partial charge in [0, 0.05) is 10.0 Å². The third-order valence-corrected chi connectivity index (χ3v) is 5.94. The highest BCUT2D eigenvalue weighted by atomic mass is 79.9. The number of aryl methyl sites for hydroxylation is 1. The molecule has 4 rings (SSSR count). The summed E-state index contributed by atoms with van der Waals surface area (Å²) in [5.41, 5.74) is 2.13. The molecule has 31 heavy (non-hydrogen) atoms. The van der Waals surface area contributed by atoms with Crippen LogP contribution in [0.2, 0.25) is 0 Å². The van der Waals surface area contributed by atoms with Crippen LogP contribution in [0.25, 0.3) is 6.08 Å². The van der Waals surface area contributed by atoms with E-state index in [0.717, 1.165) is 21.2 Å². The number of fused-ring (bicyclic) bond motifs is 1. The van der Waals surface area contributed by atoms with Gasteiger partial charge in [0.25, 0.3) is 5.91 Å². The zero-order valence-electron chi connectivity index (χ0n) is 17.1. The van der Waals surface area contributed by atoms with Crippen LogP contribution in [0.4, 0.5) is 5.69 Å². The molecule has 0 saturated carbocycles. The number of amides is 1. The van der Waals surface area contributed by atoms with Crippen molar-refractivity contribution in [1.29, 1.82) is 0 Å². The number of hydrogen-bond acceptors (Lipinski definition) is 3. The number of anilines is 1. The van der Waals surface area contributed by atoms with Crippen LogP contribution in [0.1, 0.15) is 28.7 Å². The van der Waals surface area contributed by atoms with E-state index in [2.05, 4.69) is 15.9 Å². The van der Waals surface area contributed by atoms with E-state index in [1.165, 1.54) is 6.08 Å². The molecule has 1 amide bonds. The molecular weight excluding hydrogens is 454 g/mol. The van der Waals surface area contributed by atoms with E-state index in [0.29, 0.717) is 17.8 Å². The number of ketones is 1. The second-order valence-electron chi connectivity index (χ2n) is 7.79. The van der Waals surface area contributed by atoms with E-state index >= 15 is 0 Å². The number of carbonyl (C=O) groups excluding carboxylic acids is 2. The van der Waals surface area contributed by atoms with Gasteiger partial charge >= 0.3 is 0 Å². The van der Waals surface area contributed by atoms with Crippen LogP contribution >= 0.6 is 15.9 Å². The van der Waals surface area contributed by atoms with Gasteiger partial charge in [-0.05, 0) is 42.3 Å². The molecule has 156 valence electrons. The van der Waals surface area contributed by atoms with E-state index < -0.39 is 11.5 Å². The minimum Gasteiger partial charge on any atom is -0.375 e. The van der Waals surface area contributed by atoms with Crippen LogP contribution in [0.3, 0.4) is 0 Å². The molecule has 5 heteroatoms. The molecule has 1 aliphatic rings. The van der Waals surface area contributed by atoms with Crippen molar-refractivity contribution in [2.75, 3.05) is 4.90 Å². The number of hydrogen-bond donors (Lipinski definition) is 1. The van der Waals surface area contributed by atoms with E-state index in [4.69, 9.17) is 0 Å². The third-order valence-electron chi connectivity index (χ3n) is 5.45. The van der Waals surface area contributed by atoms with Gasteiger partial charge in [-0.2, -0.15) is 0 Å². The summed E-state index contributed by atoms with van der Waals surface area (Å²) in [5, 5.41) is 11.4. The van der Waals surface area contributed by atoms with E-state index in [1.54, 1.807) is 23.1 Å². The summed E-state index contributed by atoms with van der Waals surface area (Å²) >= 11 is 3.42. The van der Waals surface area contributed by atoms with Crippen LogP contribution in [-0.2, 0) is 21.7 Å². The summed E-state index contributed by atoms with van der Waals surface area (Å²) in [7, 11) is 0. The Hall–Kier alpha value is -3.02. The maximum atomic E-state index is 13.4. The minimum absolute atomic E-state index is 0.316. The lowest BCUT2D eigenvalue weighted by molar-refractivity contribution is -0.140. The largest absolute Gasteiger partial charge is 0.375 e. The van der Waals surface area contributed by atoms with Crippen molar-refractivity contribution < 1.29 is 14.7 Å². The number of carbonyl (C=O) groups is 2. The van der Waals surface area contributed by atoms with Crippen molar-refractivity contribution >= 4 is 39.4 Å². The fraction of sp³-hybridized carbons (Fsp3) is 0.154. The maximum Gasteiger partial charge on any atom is 0.264 e. The summed E-state index contributed by atoms with van der Waals surface area (Å²) < 4.78 is 0.738. The first-order chi connectivity index (χ1) is 14.9. The lowest BCUT2D eigenvalue weighted by Crippen LogP contribution is -2.41. The first-order valence-electron chi connectivity index (χ1n) is 10.0. The third kappa shape index (κ3) is 4.38. The molecule has 1 unspecified atom stereocenters. The van der Waals surface area contributed by atoms with Crippen LogP contribution in [0, 0.1) is 6.92 Å². The van der Waals surface area contributed by atoms with E-state index in [1.807, 2.05) is 67.6 Å². The molecule has 0 spiro atoms. The Kier molecular flexibility index (Phi) is 5.90. The predicted molar refractivity (Wildman–Crippen MR) is 126 cm³/mol.